The maximum atomic E-state index is 6.26. The number of nitrogen functional groups attached to an aromatic ring is 1. The van der Waals surface area contributed by atoms with Crippen LogP contribution in [0.4, 0.5) is 5.82 Å². The average molecular weight is 257 g/mol. The lowest BCUT2D eigenvalue weighted by Crippen LogP contribution is -2.20. The summed E-state index contributed by atoms with van der Waals surface area (Å²) < 4.78 is 2.15. The van der Waals surface area contributed by atoms with Gasteiger partial charge in [-0.2, -0.15) is 0 Å². The first-order valence-electron chi connectivity index (χ1n) is 6.82. The maximum absolute atomic E-state index is 6.26. The number of aryl methyl sites for hydroxylation is 1. The maximum Gasteiger partial charge on any atom is 0.127 e. The van der Waals surface area contributed by atoms with Gasteiger partial charge in [-0.05, 0) is 12.0 Å². The molecule has 0 saturated carbocycles. The fourth-order valence-corrected chi connectivity index (χ4v) is 2.27. The Kier molecular flexibility index (Phi) is 3.65. The molecule has 0 bridgehead atoms. The van der Waals surface area contributed by atoms with Crippen molar-refractivity contribution >= 4 is 5.82 Å². The third-order valence-electron chi connectivity index (χ3n) is 3.27. The molecule has 0 atom stereocenters. The Balaban J connectivity index is 2.46. The highest BCUT2D eigenvalue weighted by Gasteiger charge is 2.24. The highest BCUT2D eigenvalue weighted by atomic mass is 15.1. The van der Waals surface area contributed by atoms with Gasteiger partial charge in [0.15, 0.2) is 0 Å². The van der Waals surface area contributed by atoms with Crippen molar-refractivity contribution in [2.24, 2.45) is 0 Å². The van der Waals surface area contributed by atoms with Crippen LogP contribution in [0.25, 0.3) is 0 Å². The Morgan fingerprint density at radius 2 is 1.79 bits per heavy atom. The molecule has 0 amide bonds. The van der Waals surface area contributed by atoms with Gasteiger partial charge < -0.3 is 10.3 Å². The Morgan fingerprint density at radius 3 is 2.32 bits per heavy atom. The van der Waals surface area contributed by atoms with Crippen LogP contribution in [-0.2, 0) is 18.4 Å². The van der Waals surface area contributed by atoms with Gasteiger partial charge in [0.1, 0.15) is 11.6 Å². The number of rotatable bonds is 3. The van der Waals surface area contributed by atoms with Crippen LogP contribution >= 0.6 is 0 Å². The van der Waals surface area contributed by atoms with Crippen molar-refractivity contribution in [3.05, 3.63) is 47.4 Å². The molecule has 0 saturated heterocycles. The predicted octanol–water partition coefficient (Wildman–Crippen LogP) is 3.37. The van der Waals surface area contributed by atoms with Crippen LogP contribution in [0.1, 0.15) is 44.8 Å². The van der Waals surface area contributed by atoms with Crippen molar-refractivity contribution in [2.75, 3.05) is 5.73 Å². The Morgan fingerprint density at radius 1 is 1.16 bits per heavy atom. The lowest BCUT2D eigenvalue weighted by atomic mass is 9.95. The molecule has 0 spiro atoms. The van der Waals surface area contributed by atoms with Crippen molar-refractivity contribution < 1.29 is 0 Å². The molecule has 0 aliphatic heterocycles. The zero-order valence-electron chi connectivity index (χ0n) is 12.3. The summed E-state index contributed by atoms with van der Waals surface area (Å²) in [5, 5.41) is 0. The summed E-state index contributed by atoms with van der Waals surface area (Å²) in [6, 6.07) is 10.4. The van der Waals surface area contributed by atoms with E-state index in [1.165, 1.54) is 5.56 Å². The quantitative estimate of drug-likeness (QED) is 0.916. The highest BCUT2D eigenvalue weighted by molar-refractivity contribution is 5.40. The molecule has 2 N–H and O–H groups in total. The van der Waals surface area contributed by atoms with Crippen LogP contribution in [-0.4, -0.2) is 9.55 Å². The van der Waals surface area contributed by atoms with Crippen LogP contribution in [0, 0.1) is 0 Å². The molecule has 0 aliphatic rings. The lowest BCUT2D eigenvalue weighted by Gasteiger charge is -2.20. The zero-order valence-corrected chi connectivity index (χ0v) is 12.3. The minimum atomic E-state index is -0.00365. The topological polar surface area (TPSA) is 43.8 Å². The molecule has 2 rings (SSSR count). The van der Waals surface area contributed by atoms with Gasteiger partial charge >= 0.3 is 0 Å². The van der Waals surface area contributed by atoms with E-state index in [0.717, 1.165) is 30.3 Å². The normalized spacial score (nSPS) is 11.8. The molecule has 102 valence electrons. The summed E-state index contributed by atoms with van der Waals surface area (Å²) in [5.41, 5.74) is 8.51. The highest BCUT2D eigenvalue weighted by Crippen LogP contribution is 2.27. The minimum Gasteiger partial charge on any atom is -0.384 e. The smallest absolute Gasteiger partial charge is 0.127 e. The van der Waals surface area contributed by atoms with Crippen molar-refractivity contribution in [3.63, 3.8) is 0 Å². The molecule has 1 aromatic heterocycles. The van der Waals surface area contributed by atoms with Gasteiger partial charge in [-0.1, -0.05) is 58.0 Å². The summed E-state index contributed by atoms with van der Waals surface area (Å²) in [6.45, 7) is 9.41. The number of benzene rings is 1. The van der Waals surface area contributed by atoms with Crippen molar-refractivity contribution in [1.82, 2.24) is 9.55 Å². The number of aromatic nitrogens is 2. The summed E-state index contributed by atoms with van der Waals surface area (Å²) in [6.07, 6.45) is 0.872. The van der Waals surface area contributed by atoms with E-state index in [0.29, 0.717) is 0 Å². The van der Waals surface area contributed by atoms with Crippen LogP contribution in [0.2, 0.25) is 0 Å². The third kappa shape index (κ3) is 2.80. The summed E-state index contributed by atoms with van der Waals surface area (Å²) in [4.78, 5) is 4.73. The number of anilines is 1. The number of imidazole rings is 1. The Hall–Kier alpha value is -1.77. The van der Waals surface area contributed by atoms with Crippen molar-refractivity contribution in [1.29, 1.82) is 0 Å². The van der Waals surface area contributed by atoms with Crippen molar-refractivity contribution in [2.45, 2.75) is 46.1 Å². The van der Waals surface area contributed by atoms with E-state index in [2.05, 4.69) is 56.5 Å². The molecular formula is C16H23N3. The molecule has 0 aliphatic carbocycles. The van der Waals surface area contributed by atoms with E-state index in [4.69, 9.17) is 10.7 Å². The van der Waals surface area contributed by atoms with Crippen molar-refractivity contribution in [3.8, 4) is 0 Å². The molecule has 3 nitrogen and oxygen atoms in total. The van der Waals surface area contributed by atoms with E-state index in [1.807, 2.05) is 6.07 Å². The first-order valence-corrected chi connectivity index (χ1v) is 6.82. The van der Waals surface area contributed by atoms with Gasteiger partial charge in [0.05, 0.1) is 12.2 Å². The fourth-order valence-electron chi connectivity index (χ4n) is 2.27. The van der Waals surface area contributed by atoms with Crippen LogP contribution in [0.5, 0.6) is 0 Å². The first kappa shape index (κ1) is 13.7. The van der Waals surface area contributed by atoms with Crippen LogP contribution in [0.3, 0.4) is 0 Å². The molecule has 1 heterocycles. The number of nitrogens with two attached hydrogens (primary N) is 1. The predicted molar refractivity (Wildman–Crippen MR) is 80.3 cm³/mol. The Labute approximate surface area is 115 Å². The largest absolute Gasteiger partial charge is 0.384 e. The summed E-state index contributed by atoms with van der Waals surface area (Å²) in [7, 11) is 0. The van der Waals surface area contributed by atoms with Gasteiger partial charge in [0, 0.05) is 5.41 Å². The summed E-state index contributed by atoms with van der Waals surface area (Å²) in [5.74, 6) is 1.86. The second-order valence-electron chi connectivity index (χ2n) is 5.94. The van der Waals surface area contributed by atoms with E-state index in [9.17, 15) is 0 Å². The number of hydrogen-bond acceptors (Lipinski definition) is 2. The number of hydrogen-bond donors (Lipinski definition) is 1. The summed E-state index contributed by atoms with van der Waals surface area (Å²) >= 11 is 0. The molecule has 0 radical (unpaired) electrons. The van der Waals surface area contributed by atoms with Gasteiger partial charge in [0.2, 0.25) is 0 Å². The van der Waals surface area contributed by atoms with Gasteiger partial charge in [-0.3, -0.25) is 0 Å². The SMILES string of the molecule is CCc1nc(C(C)(C)C)n(Cc2ccccc2)c1N. The lowest BCUT2D eigenvalue weighted by molar-refractivity contribution is 0.513. The van der Waals surface area contributed by atoms with E-state index in [-0.39, 0.29) is 5.41 Å². The van der Waals surface area contributed by atoms with E-state index in [1.54, 1.807) is 0 Å². The van der Waals surface area contributed by atoms with E-state index < -0.39 is 0 Å². The zero-order chi connectivity index (χ0) is 14.0. The van der Waals surface area contributed by atoms with Gasteiger partial charge in [-0.25, -0.2) is 4.98 Å². The molecule has 0 unspecified atom stereocenters. The van der Waals surface area contributed by atoms with Crippen LogP contribution < -0.4 is 5.73 Å². The van der Waals surface area contributed by atoms with Gasteiger partial charge in [-0.15, -0.1) is 0 Å². The fraction of sp³-hybridized carbons (Fsp3) is 0.438. The standard InChI is InChI=1S/C16H23N3/c1-5-13-14(17)19(15(18-13)16(2,3)4)11-12-9-7-6-8-10-12/h6-10H,5,11,17H2,1-4H3. The second kappa shape index (κ2) is 5.08. The molecular weight excluding hydrogens is 234 g/mol. The molecule has 1 aromatic carbocycles. The second-order valence-corrected chi connectivity index (χ2v) is 5.94. The molecule has 19 heavy (non-hydrogen) atoms. The number of nitrogens with zero attached hydrogens (tertiary/aromatic N) is 2. The van der Waals surface area contributed by atoms with Crippen LogP contribution in [0.15, 0.2) is 30.3 Å². The molecule has 2 aromatic rings. The monoisotopic (exact) mass is 257 g/mol. The third-order valence-corrected chi connectivity index (χ3v) is 3.27. The Bertz CT molecular complexity index is 547. The van der Waals surface area contributed by atoms with Gasteiger partial charge in [0.25, 0.3) is 0 Å². The van der Waals surface area contributed by atoms with E-state index >= 15 is 0 Å². The minimum absolute atomic E-state index is 0.00365. The first-order chi connectivity index (χ1) is 8.93. The molecule has 3 heteroatoms. The molecule has 0 fully saturated rings. The average Bonchev–Trinajstić information content (AvgIpc) is 2.68.